The molecule has 0 aliphatic carbocycles. The van der Waals surface area contributed by atoms with Crippen molar-refractivity contribution in [3.05, 3.63) is 323 Å². The smallest absolute Gasteiger partial charge is 0.845 e. The third-order valence-electron chi connectivity index (χ3n) is 10.4. The van der Waals surface area contributed by atoms with Crippen LogP contribution in [0.15, 0.2) is 273 Å². The van der Waals surface area contributed by atoms with Crippen molar-refractivity contribution >= 4 is 24.4 Å². The Labute approximate surface area is 630 Å². The van der Waals surface area contributed by atoms with Gasteiger partial charge >= 0.3 is 119 Å². The summed E-state index contributed by atoms with van der Waals surface area (Å²) in [6.45, 7) is 2.71. The Morgan fingerprint density at radius 1 is 0.305 bits per heavy atom. The molecule has 0 heterocycles. The largest absolute Gasteiger partial charge is 1.00 e. The van der Waals surface area contributed by atoms with E-state index in [0.717, 1.165) is 53.0 Å². The van der Waals surface area contributed by atoms with E-state index in [0.29, 0.717) is 0 Å². The molecule has 9 aromatic carbocycles. The summed E-state index contributed by atoms with van der Waals surface area (Å²) in [7, 11) is 1.00. The molecular formula is C71H74Li6O18. The Kier molecular flexibility index (Phi) is 72.3. The summed E-state index contributed by atoms with van der Waals surface area (Å²) >= 11 is 0. The summed E-state index contributed by atoms with van der Waals surface area (Å²) in [5.74, 6) is -1.08. The molecule has 0 aliphatic rings. The van der Waals surface area contributed by atoms with Crippen LogP contribution in [-0.4, -0.2) is 49.6 Å². The zero-order chi connectivity index (χ0) is 65.4. The van der Waals surface area contributed by atoms with Crippen LogP contribution in [0, 0.1) is 13.8 Å². The molecular weight excluding hydrogens is 1180 g/mol. The van der Waals surface area contributed by atoms with Crippen LogP contribution in [0.1, 0.15) is 57.0 Å². The van der Waals surface area contributed by atoms with Gasteiger partial charge in [0.25, 0.3) is 12.3 Å². The summed E-state index contributed by atoms with van der Waals surface area (Å²) in [6, 6.07) is 85.8. The standard InChI is InChI=1S/C15H15O3.C15H14O3.3C8H8O3.2C7H8.C2H4O2.CH4O.6Li/c2*16-15(17-11-13-7-3-1-4-8-13)18-12-14-9-5-2-6-10-14;3*9-8(10)11-6-7-4-2-1-3-5-7;2*1-7-5-3-2-4-6-7;1-2(3)4;1-2;;;;;;/h1-10,15H,11-12H2;1-10H,11-12H2;2*1-5H,6H2,(H,9,10);1-5,8H,6H2;2*2-6H,1H3;1H3,(H,3,4);2H,1H3;;;;;;/q-1;;;;-2;;;;;6*+1/p-3. The first-order valence-corrected chi connectivity index (χ1v) is 27.3. The number of benzene rings is 9. The number of ether oxygens (including phenoxy) is 7. The number of carboxylic acid groups (broad SMARTS) is 3. The average molecular weight is 1260 g/mol. The second kappa shape index (κ2) is 68.9. The molecule has 9 aromatic rings. The number of aliphatic carboxylic acids is 1. The molecule has 0 bridgehead atoms. The van der Waals surface area contributed by atoms with Crippen molar-refractivity contribution in [1.82, 2.24) is 0 Å². The Bertz CT molecular complexity index is 2930. The molecule has 0 amide bonds. The minimum absolute atomic E-state index is 0. The number of hydrogen-bond donors (Lipinski definition) is 1. The van der Waals surface area contributed by atoms with Crippen molar-refractivity contribution in [3.63, 3.8) is 0 Å². The molecule has 0 spiro atoms. The van der Waals surface area contributed by atoms with Crippen LogP contribution >= 0.6 is 0 Å². The van der Waals surface area contributed by atoms with Crippen LogP contribution in [0.3, 0.4) is 0 Å². The van der Waals surface area contributed by atoms with Gasteiger partial charge in [0.2, 0.25) is 0 Å². The monoisotopic (exact) mass is 1260 g/mol. The minimum atomic E-state index is -2.18. The molecule has 0 radical (unpaired) electrons. The maximum atomic E-state index is 11.4. The van der Waals surface area contributed by atoms with Gasteiger partial charge in [-0.25, -0.2) is 4.79 Å². The molecule has 0 saturated carbocycles. The van der Waals surface area contributed by atoms with Gasteiger partial charge in [-0.1, -0.05) is 284 Å². The van der Waals surface area contributed by atoms with Crippen LogP contribution in [0.5, 0.6) is 0 Å². The number of aliphatic hydroxyl groups is 1. The Hall–Kier alpha value is -6.44. The Morgan fingerprint density at radius 2 is 0.474 bits per heavy atom. The minimum Gasteiger partial charge on any atom is -0.845 e. The van der Waals surface area contributed by atoms with Gasteiger partial charge in [0.05, 0.1) is 39.5 Å². The third-order valence-corrected chi connectivity index (χ3v) is 10.4. The number of rotatable bonds is 17. The molecule has 9 rings (SSSR count). The van der Waals surface area contributed by atoms with E-state index in [1.165, 1.54) is 11.1 Å². The first kappa shape index (κ1) is 99.6. The van der Waals surface area contributed by atoms with Gasteiger partial charge in [0, 0.05) is 13.1 Å². The third kappa shape index (κ3) is 63.4. The van der Waals surface area contributed by atoms with Crippen molar-refractivity contribution in [2.45, 2.75) is 80.0 Å². The second-order valence-electron chi connectivity index (χ2n) is 17.6. The molecule has 18 nitrogen and oxygen atoms in total. The molecule has 0 atom stereocenters. The number of hydrogen-bond acceptors (Lipinski definition) is 18. The number of aryl methyl sites for hydroxylation is 2. The fourth-order valence-electron chi connectivity index (χ4n) is 6.24. The summed E-state index contributed by atoms with van der Waals surface area (Å²) in [5, 5.41) is 66.8. The number of carboxylic acids is 1. The van der Waals surface area contributed by atoms with E-state index in [4.69, 9.17) is 34.0 Å². The summed E-state index contributed by atoms with van der Waals surface area (Å²) in [5.41, 5.74) is 8.91. The van der Waals surface area contributed by atoms with E-state index in [9.17, 15) is 39.9 Å². The van der Waals surface area contributed by atoms with Crippen LogP contribution in [0.4, 0.5) is 14.4 Å². The van der Waals surface area contributed by atoms with Crippen molar-refractivity contribution in [3.8, 4) is 0 Å². The maximum Gasteiger partial charge on any atom is 1.00 e. The van der Waals surface area contributed by atoms with Gasteiger partial charge in [-0.2, -0.15) is 0 Å². The van der Waals surface area contributed by atoms with Crippen LogP contribution in [0.2, 0.25) is 0 Å². The van der Waals surface area contributed by atoms with E-state index in [1.807, 2.05) is 212 Å². The zero-order valence-corrected chi connectivity index (χ0v) is 56.0. The molecule has 472 valence electrons. The average Bonchev–Trinajstić information content (AvgIpc) is 2.93. The van der Waals surface area contributed by atoms with Crippen LogP contribution in [0.25, 0.3) is 0 Å². The van der Waals surface area contributed by atoms with Gasteiger partial charge < -0.3 is 83.3 Å². The number of carbonyl (C=O) groups is 4. The molecule has 1 N–H and O–H groups in total. The van der Waals surface area contributed by atoms with E-state index < -0.39 is 37.4 Å². The van der Waals surface area contributed by atoms with Crippen LogP contribution < -0.4 is 144 Å². The molecule has 24 heteroatoms. The summed E-state index contributed by atoms with van der Waals surface area (Å²) in [6.07, 6.45) is -3.63. The first-order valence-electron chi connectivity index (χ1n) is 27.3. The van der Waals surface area contributed by atoms with Gasteiger partial charge in [0.15, 0.2) is 0 Å². The van der Waals surface area contributed by atoms with Gasteiger partial charge in [0.1, 0.15) is 13.2 Å². The molecule has 0 saturated heterocycles. The fourth-order valence-corrected chi connectivity index (χ4v) is 6.24. The van der Waals surface area contributed by atoms with Gasteiger partial charge in [-0.3, -0.25) is 0 Å². The van der Waals surface area contributed by atoms with Gasteiger partial charge in [-0.15, -0.1) is 6.48 Å². The number of aliphatic hydroxyl groups excluding tert-OH is 1. The summed E-state index contributed by atoms with van der Waals surface area (Å²) < 4.78 is 32.9. The number of carbonyl (C=O) groups excluding carboxylic acids is 4. The van der Waals surface area contributed by atoms with E-state index >= 15 is 0 Å². The SMILES string of the molecule is CC(=O)[O-].CO.Cc1ccccc1.Cc1ccccc1.O=C(OCc1ccccc1)OCc1ccccc1.O=C([O-])OCc1ccccc1.O=C([O-])OCc1ccccc1.[Li+].[Li+].[Li+].[Li+].[Li+].[Li+].[O-]C(OCc1ccccc1)OCc1ccccc1.[O-]C([O-])OCc1ccccc1. The Balaban J connectivity index is -0.000000242. The quantitative estimate of drug-likeness (QED) is 0.0383. The zero-order valence-electron chi connectivity index (χ0n) is 56.0. The topological polar surface area (TPSA) is 291 Å². The van der Waals surface area contributed by atoms with E-state index in [-0.39, 0.29) is 159 Å². The molecule has 95 heavy (non-hydrogen) atoms. The molecule has 0 unspecified atom stereocenters. The van der Waals surface area contributed by atoms with Crippen molar-refractivity contribution in [2.75, 3.05) is 7.11 Å². The maximum absolute atomic E-state index is 11.4. The first-order chi connectivity index (χ1) is 43.1. The predicted molar refractivity (Wildman–Crippen MR) is 324 cm³/mol. The fraction of sp³-hybridized carbons (Fsp3) is 0.183. The summed E-state index contributed by atoms with van der Waals surface area (Å²) in [4.78, 5) is 39.9. The van der Waals surface area contributed by atoms with Crippen molar-refractivity contribution < 1.29 is 201 Å². The normalized spacial score (nSPS) is 8.82. The molecule has 0 aromatic heterocycles. The second-order valence-corrected chi connectivity index (χ2v) is 17.6. The van der Waals surface area contributed by atoms with Crippen molar-refractivity contribution in [2.24, 2.45) is 0 Å². The predicted octanol–water partition coefficient (Wildman–Crippen LogP) is -9.72. The Morgan fingerprint density at radius 3 is 0.642 bits per heavy atom. The van der Waals surface area contributed by atoms with Crippen LogP contribution in [-0.2, 0) is 84.2 Å². The van der Waals surface area contributed by atoms with Crippen molar-refractivity contribution in [1.29, 1.82) is 0 Å². The molecule has 0 aliphatic heterocycles. The van der Waals surface area contributed by atoms with E-state index in [2.05, 4.69) is 52.3 Å². The van der Waals surface area contributed by atoms with Gasteiger partial charge in [-0.05, 0) is 59.7 Å². The molecule has 0 fully saturated rings. The van der Waals surface area contributed by atoms with E-state index in [1.54, 1.807) is 36.4 Å².